The molecule has 2 fully saturated rings. The molecule has 6 rings (SSSR count). The molecule has 0 spiro atoms. The van der Waals surface area contributed by atoms with E-state index in [2.05, 4.69) is 90.1 Å². The Labute approximate surface area is 261 Å². The van der Waals surface area contributed by atoms with E-state index in [0.717, 1.165) is 24.7 Å². The summed E-state index contributed by atoms with van der Waals surface area (Å²) < 4.78 is 1.97. The van der Waals surface area contributed by atoms with Gasteiger partial charge in [-0.3, -0.25) is 6.08 Å². The average Bonchev–Trinajstić information content (AvgIpc) is 3.64. The number of hydrogen-bond acceptors (Lipinski definition) is 0. The van der Waals surface area contributed by atoms with E-state index in [1.165, 1.54) is 97.6 Å². The summed E-state index contributed by atoms with van der Waals surface area (Å²) in [6.07, 6.45) is 26.2. The van der Waals surface area contributed by atoms with Crippen LogP contribution in [-0.4, -0.2) is 3.21 Å². The van der Waals surface area contributed by atoms with Crippen molar-refractivity contribution >= 4 is 3.21 Å². The fourth-order valence-corrected chi connectivity index (χ4v) is 7.90. The molecular formula is C39H52Zr. The summed E-state index contributed by atoms with van der Waals surface area (Å²) in [7, 11) is 0. The van der Waals surface area contributed by atoms with E-state index in [0.29, 0.717) is 0 Å². The van der Waals surface area contributed by atoms with Crippen molar-refractivity contribution in [2.75, 3.05) is 0 Å². The third-order valence-corrected chi connectivity index (χ3v) is 11.2. The number of rotatable bonds is 2. The minimum atomic E-state index is 0.177. The molecule has 0 amide bonds. The minimum absolute atomic E-state index is 0.177. The zero-order valence-electron chi connectivity index (χ0n) is 26.3. The first-order valence-electron chi connectivity index (χ1n) is 16.0. The van der Waals surface area contributed by atoms with Crippen LogP contribution in [0.4, 0.5) is 0 Å². The summed E-state index contributed by atoms with van der Waals surface area (Å²) in [6, 6.07) is 15.1. The van der Waals surface area contributed by atoms with Gasteiger partial charge >= 0.3 is 103 Å². The first-order chi connectivity index (χ1) is 19.0. The molecule has 2 aromatic carbocycles. The number of allylic oxidation sites excluding steroid dienone is 4. The second-order valence-corrected chi connectivity index (χ2v) is 15.9. The Morgan fingerprint density at radius 3 is 1.80 bits per heavy atom. The van der Waals surface area contributed by atoms with Gasteiger partial charge in [0.15, 0.2) is 0 Å². The molecule has 212 valence electrons. The first-order valence-corrected chi connectivity index (χ1v) is 17.3. The molecule has 0 bridgehead atoms. The van der Waals surface area contributed by atoms with Crippen molar-refractivity contribution in [3.63, 3.8) is 0 Å². The van der Waals surface area contributed by atoms with Gasteiger partial charge in [0, 0.05) is 0 Å². The molecule has 0 radical (unpaired) electrons. The van der Waals surface area contributed by atoms with Crippen LogP contribution in [0.5, 0.6) is 0 Å². The molecule has 40 heavy (non-hydrogen) atoms. The predicted octanol–water partition coefficient (Wildman–Crippen LogP) is 10.8. The fraction of sp³-hybridized carbons (Fsp3) is 0.564. The maximum absolute atomic E-state index is 3.53. The maximum atomic E-state index is 3.53. The van der Waals surface area contributed by atoms with Crippen LogP contribution >= 0.6 is 0 Å². The summed E-state index contributed by atoms with van der Waals surface area (Å²) in [5.74, 6) is 2.09. The Morgan fingerprint density at radius 2 is 1.32 bits per heavy atom. The van der Waals surface area contributed by atoms with E-state index in [1.807, 2.05) is 15.4 Å². The van der Waals surface area contributed by atoms with Crippen LogP contribution < -0.4 is 0 Å². The molecule has 0 heterocycles. The average molecular weight is 612 g/mol. The van der Waals surface area contributed by atoms with Crippen LogP contribution in [0.3, 0.4) is 0 Å². The molecule has 4 aliphatic carbocycles. The fourth-order valence-electron chi connectivity index (χ4n) is 6.49. The summed E-state index contributed by atoms with van der Waals surface area (Å²) in [5, 5.41) is 0. The van der Waals surface area contributed by atoms with Gasteiger partial charge in [0.05, 0.1) is 0 Å². The molecule has 0 aromatic heterocycles. The van der Waals surface area contributed by atoms with E-state index in [9.17, 15) is 0 Å². The molecule has 0 aliphatic heterocycles. The van der Waals surface area contributed by atoms with Gasteiger partial charge in [-0.1, -0.05) is 76.3 Å². The van der Waals surface area contributed by atoms with E-state index >= 15 is 0 Å². The van der Waals surface area contributed by atoms with Gasteiger partial charge in [-0.05, 0) is 17.4 Å². The van der Waals surface area contributed by atoms with Crippen molar-refractivity contribution in [1.82, 2.24) is 0 Å². The number of benzene rings is 2. The van der Waals surface area contributed by atoms with Crippen LogP contribution in [0.15, 0.2) is 48.6 Å². The topological polar surface area (TPSA) is 0 Å². The molecule has 0 saturated heterocycles. The Kier molecular flexibility index (Phi) is 11.2. The van der Waals surface area contributed by atoms with Crippen molar-refractivity contribution in [2.24, 2.45) is 11.8 Å². The molecule has 0 atom stereocenters. The SMILES string of the molecule is CC(C)(C)c1c[c-]c2c(c1)-c1cc(C(C)(C)C)ccc1C2.[C-]1=CC=CC1.[Zr+2]=[C](C1CCCCC1)C1CCCCC1. The Hall–Kier alpha value is -1.33. The van der Waals surface area contributed by atoms with Crippen LogP contribution in [0, 0.1) is 24.0 Å². The quantitative estimate of drug-likeness (QED) is 0.253. The van der Waals surface area contributed by atoms with Crippen LogP contribution in [0.2, 0.25) is 0 Å². The van der Waals surface area contributed by atoms with Crippen molar-refractivity contribution in [2.45, 2.75) is 129 Å². The predicted molar refractivity (Wildman–Crippen MR) is 171 cm³/mol. The van der Waals surface area contributed by atoms with Gasteiger partial charge in [0.1, 0.15) is 0 Å². The van der Waals surface area contributed by atoms with Crippen molar-refractivity contribution in [1.29, 1.82) is 0 Å². The zero-order valence-corrected chi connectivity index (χ0v) is 28.7. The van der Waals surface area contributed by atoms with Gasteiger partial charge in [-0.15, -0.1) is 12.0 Å². The summed E-state index contributed by atoms with van der Waals surface area (Å²) in [6.45, 7) is 13.6. The van der Waals surface area contributed by atoms with Crippen molar-refractivity contribution in [3.05, 3.63) is 83.0 Å². The third kappa shape index (κ3) is 8.60. The zero-order chi connectivity index (χ0) is 28.8. The second kappa shape index (κ2) is 14.2. The second-order valence-electron chi connectivity index (χ2n) is 14.5. The molecule has 2 saturated carbocycles. The van der Waals surface area contributed by atoms with Crippen LogP contribution in [0.1, 0.15) is 134 Å². The summed E-state index contributed by atoms with van der Waals surface area (Å²) in [4.78, 5) is 0. The van der Waals surface area contributed by atoms with Gasteiger partial charge in [-0.2, -0.15) is 35.4 Å². The van der Waals surface area contributed by atoms with E-state index in [4.69, 9.17) is 0 Å². The van der Waals surface area contributed by atoms with Gasteiger partial charge in [-0.25, -0.2) is 12.2 Å². The van der Waals surface area contributed by atoms with Crippen molar-refractivity contribution < 1.29 is 24.2 Å². The van der Waals surface area contributed by atoms with Gasteiger partial charge in [0.25, 0.3) is 0 Å². The van der Waals surface area contributed by atoms with E-state index in [-0.39, 0.29) is 10.8 Å². The van der Waals surface area contributed by atoms with E-state index in [1.54, 1.807) is 24.2 Å². The summed E-state index contributed by atoms with van der Waals surface area (Å²) >= 11 is 1.77. The molecule has 2 aromatic rings. The molecule has 0 unspecified atom stereocenters. The van der Waals surface area contributed by atoms with Crippen molar-refractivity contribution in [3.8, 4) is 11.1 Å². The Morgan fingerprint density at radius 1 is 0.750 bits per heavy atom. The molecule has 0 N–H and O–H groups in total. The molecule has 1 heteroatoms. The van der Waals surface area contributed by atoms with Gasteiger partial charge in [0.2, 0.25) is 0 Å². The first kappa shape index (κ1) is 31.6. The third-order valence-electron chi connectivity index (χ3n) is 9.20. The standard InChI is InChI=1S/C21H25.C13H22.C5H5.Zr/c1-20(2,3)16-9-7-14-11-15-8-10-17(21(4,5)6)13-19(15)18(14)12-16;1-3-7-12(8-4-1)11-13-9-5-2-6-10-13;1-2-4-5-3-1;/h7,9-10,12-13H,11H2,1-6H3;12-13H,1-10H2;1-3H,4H2;/q-1;;-1;+2. The molecule has 0 nitrogen and oxygen atoms in total. The molecule has 4 aliphatic rings. The summed E-state index contributed by atoms with van der Waals surface area (Å²) in [5.41, 5.74) is 8.76. The molecular weight excluding hydrogens is 560 g/mol. The van der Waals surface area contributed by atoms with Crippen LogP contribution in [0.25, 0.3) is 11.1 Å². The number of hydrogen-bond donors (Lipinski definition) is 0. The van der Waals surface area contributed by atoms with Gasteiger partial charge < -0.3 is 0 Å². The Bertz CT molecular complexity index is 1090. The Balaban J connectivity index is 0.000000166. The van der Waals surface area contributed by atoms with E-state index < -0.39 is 0 Å². The van der Waals surface area contributed by atoms with Crippen LogP contribution in [-0.2, 0) is 41.5 Å². The monoisotopic (exact) mass is 610 g/mol. The normalized spacial score (nSPS) is 18.8. The number of fused-ring (bicyclic) bond motifs is 3.